The lowest BCUT2D eigenvalue weighted by Crippen LogP contribution is -2.49. The average Bonchev–Trinajstić information content (AvgIpc) is 2.27. The first kappa shape index (κ1) is 12.0. The van der Waals surface area contributed by atoms with E-state index in [0.29, 0.717) is 18.1 Å². The summed E-state index contributed by atoms with van der Waals surface area (Å²) in [6, 6.07) is 10.3. The molecule has 0 saturated heterocycles. The van der Waals surface area contributed by atoms with Crippen LogP contribution in [0, 0.1) is 0 Å². The Morgan fingerprint density at radius 3 is 2.44 bits per heavy atom. The molecule has 1 aliphatic rings. The van der Waals surface area contributed by atoms with Gasteiger partial charge in [0.1, 0.15) is 0 Å². The average molecular weight is 236 g/mol. The SMILES string of the molecule is CSc1ccc(C(C)NC2CC(N)C2)cc1. The van der Waals surface area contributed by atoms with Gasteiger partial charge in [0, 0.05) is 23.0 Å². The molecule has 1 fully saturated rings. The number of benzene rings is 1. The van der Waals surface area contributed by atoms with Crippen LogP contribution in [0.5, 0.6) is 0 Å². The molecule has 0 amide bonds. The molecule has 0 aromatic heterocycles. The van der Waals surface area contributed by atoms with Crippen LogP contribution in [0.25, 0.3) is 0 Å². The second-order valence-corrected chi connectivity index (χ2v) is 5.47. The minimum atomic E-state index is 0.420. The van der Waals surface area contributed by atoms with Crippen molar-refractivity contribution < 1.29 is 0 Å². The second kappa shape index (κ2) is 5.21. The third kappa shape index (κ3) is 2.78. The summed E-state index contributed by atoms with van der Waals surface area (Å²) < 4.78 is 0. The fraction of sp³-hybridized carbons (Fsp3) is 0.538. The van der Waals surface area contributed by atoms with Crippen LogP contribution in [0.1, 0.15) is 31.4 Å². The van der Waals surface area contributed by atoms with Crippen LogP contribution in [0.4, 0.5) is 0 Å². The van der Waals surface area contributed by atoms with Crippen molar-refractivity contribution in [2.75, 3.05) is 6.26 Å². The van der Waals surface area contributed by atoms with E-state index in [1.807, 2.05) is 0 Å². The summed E-state index contributed by atoms with van der Waals surface area (Å²) in [5.41, 5.74) is 7.14. The quantitative estimate of drug-likeness (QED) is 0.789. The van der Waals surface area contributed by atoms with Crippen LogP contribution in [0.15, 0.2) is 29.2 Å². The fourth-order valence-electron chi connectivity index (χ4n) is 2.14. The van der Waals surface area contributed by atoms with Gasteiger partial charge in [-0.15, -0.1) is 11.8 Å². The maximum atomic E-state index is 5.78. The van der Waals surface area contributed by atoms with Crippen molar-refractivity contribution in [2.45, 2.75) is 42.8 Å². The lowest BCUT2D eigenvalue weighted by molar-refractivity contribution is 0.272. The summed E-state index contributed by atoms with van der Waals surface area (Å²) in [5.74, 6) is 0. The highest BCUT2D eigenvalue weighted by atomic mass is 32.2. The number of hydrogen-bond acceptors (Lipinski definition) is 3. The van der Waals surface area contributed by atoms with Gasteiger partial charge in [0.15, 0.2) is 0 Å². The van der Waals surface area contributed by atoms with Crippen LogP contribution in [0.3, 0.4) is 0 Å². The lowest BCUT2D eigenvalue weighted by atomic mass is 9.87. The first-order chi connectivity index (χ1) is 7.69. The molecule has 0 spiro atoms. The van der Waals surface area contributed by atoms with Gasteiger partial charge in [-0.3, -0.25) is 0 Å². The van der Waals surface area contributed by atoms with Gasteiger partial charge in [0.05, 0.1) is 0 Å². The molecule has 1 aromatic rings. The molecule has 1 aliphatic carbocycles. The Labute approximate surface area is 102 Å². The molecule has 0 heterocycles. The van der Waals surface area contributed by atoms with Crippen molar-refractivity contribution in [2.24, 2.45) is 5.73 Å². The molecule has 3 heteroatoms. The molecular formula is C13H20N2S. The molecule has 1 unspecified atom stereocenters. The minimum Gasteiger partial charge on any atom is -0.328 e. The molecule has 0 bridgehead atoms. The molecule has 1 aromatic carbocycles. The van der Waals surface area contributed by atoms with E-state index in [0.717, 1.165) is 12.8 Å². The molecular weight excluding hydrogens is 216 g/mol. The monoisotopic (exact) mass is 236 g/mol. The first-order valence-electron chi connectivity index (χ1n) is 5.84. The summed E-state index contributed by atoms with van der Waals surface area (Å²) >= 11 is 1.78. The predicted molar refractivity (Wildman–Crippen MR) is 70.8 cm³/mol. The van der Waals surface area contributed by atoms with Crippen molar-refractivity contribution in [3.05, 3.63) is 29.8 Å². The molecule has 0 aliphatic heterocycles. The third-order valence-electron chi connectivity index (χ3n) is 3.28. The highest BCUT2D eigenvalue weighted by molar-refractivity contribution is 7.98. The van der Waals surface area contributed by atoms with E-state index in [4.69, 9.17) is 5.73 Å². The fourth-order valence-corrected chi connectivity index (χ4v) is 2.55. The van der Waals surface area contributed by atoms with Gasteiger partial charge in [-0.05, 0) is 43.7 Å². The van der Waals surface area contributed by atoms with E-state index in [2.05, 4.69) is 42.8 Å². The zero-order chi connectivity index (χ0) is 11.5. The summed E-state index contributed by atoms with van der Waals surface area (Å²) in [6.45, 7) is 2.22. The van der Waals surface area contributed by atoms with Crippen LogP contribution in [-0.2, 0) is 0 Å². The smallest absolute Gasteiger partial charge is 0.0294 e. The summed E-state index contributed by atoms with van der Waals surface area (Å²) in [6.07, 6.45) is 4.34. The van der Waals surface area contributed by atoms with Gasteiger partial charge in [-0.1, -0.05) is 12.1 Å². The van der Waals surface area contributed by atoms with Crippen LogP contribution in [0.2, 0.25) is 0 Å². The van der Waals surface area contributed by atoms with Crippen molar-refractivity contribution in [1.82, 2.24) is 5.32 Å². The Balaban J connectivity index is 1.90. The predicted octanol–water partition coefficient (Wildman–Crippen LogP) is 2.55. The zero-order valence-electron chi connectivity index (χ0n) is 9.94. The van der Waals surface area contributed by atoms with Crippen LogP contribution < -0.4 is 11.1 Å². The number of nitrogens with one attached hydrogen (secondary N) is 1. The van der Waals surface area contributed by atoms with E-state index in [-0.39, 0.29) is 0 Å². The summed E-state index contributed by atoms with van der Waals surface area (Å²) in [7, 11) is 0. The van der Waals surface area contributed by atoms with Crippen LogP contribution in [-0.4, -0.2) is 18.3 Å². The van der Waals surface area contributed by atoms with E-state index in [1.54, 1.807) is 11.8 Å². The normalized spacial score (nSPS) is 26.2. The standard InChI is InChI=1S/C13H20N2S/c1-9(15-12-7-11(14)8-12)10-3-5-13(16-2)6-4-10/h3-6,9,11-12,15H,7-8,14H2,1-2H3. The summed E-state index contributed by atoms with van der Waals surface area (Å²) in [4.78, 5) is 1.32. The largest absolute Gasteiger partial charge is 0.328 e. The van der Waals surface area contributed by atoms with E-state index in [9.17, 15) is 0 Å². The van der Waals surface area contributed by atoms with Crippen LogP contribution >= 0.6 is 11.8 Å². The molecule has 88 valence electrons. The molecule has 1 atom stereocenters. The van der Waals surface area contributed by atoms with Gasteiger partial charge >= 0.3 is 0 Å². The van der Waals surface area contributed by atoms with E-state index >= 15 is 0 Å². The number of hydrogen-bond donors (Lipinski definition) is 2. The molecule has 1 saturated carbocycles. The highest BCUT2D eigenvalue weighted by Crippen LogP contribution is 2.23. The topological polar surface area (TPSA) is 38.0 Å². The first-order valence-corrected chi connectivity index (χ1v) is 7.07. The van der Waals surface area contributed by atoms with Crippen molar-refractivity contribution in [1.29, 1.82) is 0 Å². The maximum absolute atomic E-state index is 5.78. The van der Waals surface area contributed by atoms with Crippen molar-refractivity contribution >= 4 is 11.8 Å². The third-order valence-corrected chi connectivity index (χ3v) is 4.02. The van der Waals surface area contributed by atoms with E-state index in [1.165, 1.54) is 10.5 Å². The maximum Gasteiger partial charge on any atom is 0.0294 e. The van der Waals surface area contributed by atoms with Gasteiger partial charge < -0.3 is 11.1 Å². The second-order valence-electron chi connectivity index (χ2n) is 4.59. The van der Waals surface area contributed by atoms with Gasteiger partial charge in [0.2, 0.25) is 0 Å². The minimum absolute atomic E-state index is 0.420. The molecule has 2 rings (SSSR count). The Kier molecular flexibility index (Phi) is 3.90. The Morgan fingerprint density at radius 2 is 1.94 bits per heavy atom. The molecule has 3 N–H and O–H groups in total. The number of thioether (sulfide) groups is 1. The van der Waals surface area contributed by atoms with Gasteiger partial charge in [-0.25, -0.2) is 0 Å². The molecule has 16 heavy (non-hydrogen) atoms. The van der Waals surface area contributed by atoms with Gasteiger partial charge in [-0.2, -0.15) is 0 Å². The number of rotatable bonds is 4. The Morgan fingerprint density at radius 1 is 1.31 bits per heavy atom. The lowest BCUT2D eigenvalue weighted by Gasteiger charge is -2.35. The molecule has 2 nitrogen and oxygen atoms in total. The highest BCUT2D eigenvalue weighted by Gasteiger charge is 2.26. The zero-order valence-corrected chi connectivity index (χ0v) is 10.8. The number of nitrogens with two attached hydrogens (primary N) is 1. The Bertz CT molecular complexity index is 330. The Hall–Kier alpha value is -0.510. The van der Waals surface area contributed by atoms with E-state index < -0.39 is 0 Å². The van der Waals surface area contributed by atoms with Gasteiger partial charge in [0.25, 0.3) is 0 Å². The van der Waals surface area contributed by atoms with Crippen molar-refractivity contribution in [3.8, 4) is 0 Å². The molecule has 0 radical (unpaired) electrons. The summed E-state index contributed by atoms with van der Waals surface area (Å²) in [5, 5.41) is 3.61. The van der Waals surface area contributed by atoms with Crippen molar-refractivity contribution in [3.63, 3.8) is 0 Å².